The van der Waals surface area contributed by atoms with E-state index in [1.807, 2.05) is 53.2 Å². The molecule has 0 saturated heterocycles. The summed E-state index contributed by atoms with van der Waals surface area (Å²) in [6.07, 6.45) is 1.70. The van der Waals surface area contributed by atoms with Crippen LogP contribution in [-0.2, 0) is 11.3 Å². The molecule has 1 heterocycles. The third-order valence-electron chi connectivity index (χ3n) is 4.99. The number of hydrogen-bond acceptors (Lipinski definition) is 7. The number of nitrogens with zero attached hydrogens (tertiary/aromatic N) is 3. The summed E-state index contributed by atoms with van der Waals surface area (Å²) in [7, 11) is 3.21. The number of methoxy groups -OCH3 is 2. The van der Waals surface area contributed by atoms with Crippen molar-refractivity contribution < 1.29 is 19.3 Å². The average Bonchev–Trinajstić information content (AvgIpc) is 3.57. The molecule has 31 heavy (non-hydrogen) atoms. The average molecular weight is 442 g/mol. The number of aliphatic hydroxyl groups is 1. The van der Waals surface area contributed by atoms with E-state index < -0.39 is 6.10 Å². The van der Waals surface area contributed by atoms with E-state index in [9.17, 15) is 5.11 Å². The van der Waals surface area contributed by atoms with Crippen LogP contribution in [0.1, 0.15) is 30.1 Å². The standard InChI is InChI=1S/C23H27N3O4S/c1-28-20-11-8-16(12-21(20)29-2)13-30-14-19(27)15-31-23-24-22(17-9-10-17)26(25-23)18-6-4-3-5-7-18/h3-8,11-12,17,19,27H,9-10,13-15H2,1-2H3. The minimum absolute atomic E-state index is 0.232. The fourth-order valence-electron chi connectivity index (χ4n) is 3.23. The third kappa shape index (κ3) is 5.58. The highest BCUT2D eigenvalue weighted by Crippen LogP contribution is 2.40. The third-order valence-corrected chi connectivity index (χ3v) is 5.97. The van der Waals surface area contributed by atoms with Crippen molar-refractivity contribution in [2.45, 2.75) is 36.6 Å². The maximum absolute atomic E-state index is 10.3. The summed E-state index contributed by atoms with van der Waals surface area (Å²) in [5.74, 6) is 3.29. The van der Waals surface area contributed by atoms with Gasteiger partial charge >= 0.3 is 0 Å². The zero-order valence-electron chi connectivity index (χ0n) is 17.7. The molecule has 0 aliphatic heterocycles. The Balaban J connectivity index is 1.29. The highest BCUT2D eigenvalue weighted by atomic mass is 32.2. The number of aromatic nitrogens is 3. The van der Waals surface area contributed by atoms with Gasteiger partial charge < -0.3 is 19.3 Å². The second-order valence-electron chi connectivity index (χ2n) is 7.44. The van der Waals surface area contributed by atoms with Crippen molar-refractivity contribution in [2.75, 3.05) is 26.6 Å². The minimum atomic E-state index is -0.613. The van der Waals surface area contributed by atoms with Crippen LogP contribution in [-0.4, -0.2) is 52.6 Å². The molecule has 3 aromatic rings. The van der Waals surface area contributed by atoms with Gasteiger partial charge in [-0.1, -0.05) is 36.0 Å². The number of aliphatic hydroxyl groups excluding tert-OH is 1. The summed E-state index contributed by atoms with van der Waals surface area (Å²) in [4.78, 5) is 4.72. The number of benzene rings is 2. The molecule has 8 heteroatoms. The van der Waals surface area contributed by atoms with Crippen LogP contribution in [0.25, 0.3) is 5.69 Å². The monoisotopic (exact) mass is 441 g/mol. The van der Waals surface area contributed by atoms with Crippen molar-refractivity contribution >= 4 is 11.8 Å². The normalized spacial score (nSPS) is 14.4. The molecular weight excluding hydrogens is 414 g/mol. The Morgan fingerprint density at radius 1 is 1.10 bits per heavy atom. The molecule has 1 unspecified atom stereocenters. The molecule has 1 saturated carbocycles. The second-order valence-corrected chi connectivity index (χ2v) is 8.43. The lowest BCUT2D eigenvalue weighted by Crippen LogP contribution is -2.18. The van der Waals surface area contributed by atoms with Gasteiger partial charge in [0.1, 0.15) is 5.82 Å². The molecule has 7 nitrogen and oxygen atoms in total. The lowest BCUT2D eigenvalue weighted by Gasteiger charge is -2.12. The maximum atomic E-state index is 10.3. The van der Waals surface area contributed by atoms with Crippen LogP contribution in [0.5, 0.6) is 11.5 Å². The lowest BCUT2D eigenvalue weighted by molar-refractivity contribution is 0.0397. The van der Waals surface area contributed by atoms with Gasteiger partial charge in [-0.25, -0.2) is 9.67 Å². The first-order chi connectivity index (χ1) is 15.2. The molecule has 1 N–H and O–H groups in total. The van der Waals surface area contributed by atoms with E-state index in [0.29, 0.717) is 34.9 Å². The number of rotatable bonds is 11. The van der Waals surface area contributed by atoms with Crippen molar-refractivity contribution in [3.63, 3.8) is 0 Å². The molecule has 0 spiro atoms. The molecule has 0 radical (unpaired) electrons. The highest BCUT2D eigenvalue weighted by molar-refractivity contribution is 7.99. The van der Waals surface area contributed by atoms with Gasteiger partial charge in [0.05, 0.1) is 39.2 Å². The van der Waals surface area contributed by atoms with E-state index in [4.69, 9.17) is 19.2 Å². The molecule has 0 bridgehead atoms. The zero-order chi connectivity index (χ0) is 21.6. The lowest BCUT2D eigenvalue weighted by atomic mass is 10.2. The Bertz CT molecular complexity index is 992. The first-order valence-electron chi connectivity index (χ1n) is 10.3. The molecule has 0 amide bonds. The Morgan fingerprint density at radius 2 is 1.87 bits per heavy atom. The topological polar surface area (TPSA) is 78.6 Å². The van der Waals surface area contributed by atoms with Crippen molar-refractivity contribution in [2.24, 2.45) is 0 Å². The summed E-state index contributed by atoms with van der Waals surface area (Å²) in [6.45, 7) is 0.616. The van der Waals surface area contributed by atoms with Crippen LogP contribution in [0.15, 0.2) is 53.7 Å². The van der Waals surface area contributed by atoms with Gasteiger partial charge in [0.25, 0.3) is 0 Å². The maximum Gasteiger partial charge on any atom is 0.209 e. The van der Waals surface area contributed by atoms with Gasteiger partial charge in [-0.3, -0.25) is 0 Å². The summed E-state index contributed by atoms with van der Waals surface area (Å²) < 4.78 is 18.2. The predicted octanol–water partition coefficient (Wildman–Crippen LogP) is 3.83. The summed E-state index contributed by atoms with van der Waals surface area (Å²) >= 11 is 1.45. The Hall–Kier alpha value is -2.55. The molecule has 1 fully saturated rings. The molecule has 1 aliphatic carbocycles. The van der Waals surface area contributed by atoms with Gasteiger partial charge in [0.15, 0.2) is 11.5 Å². The fourth-order valence-corrected chi connectivity index (χ4v) is 3.97. The van der Waals surface area contributed by atoms with Crippen LogP contribution < -0.4 is 9.47 Å². The SMILES string of the molecule is COc1ccc(COCC(O)CSc2nc(C3CC3)n(-c3ccccc3)n2)cc1OC. The van der Waals surface area contributed by atoms with Gasteiger partial charge in [0.2, 0.25) is 5.16 Å². The van der Waals surface area contributed by atoms with Crippen LogP contribution >= 0.6 is 11.8 Å². The van der Waals surface area contributed by atoms with E-state index in [1.165, 1.54) is 11.8 Å². The molecule has 2 aromatic carbocycles. The van der Waals surface area contributed by atoms with E-state index in [0.717, 1.165) is 29.9 Å². The van der Waals surface area contributed by atoms with E-state index in [2.05, 4.69) is 5.10 Å². The zero-order valence-corrected chi connectivity index (χ0v) is 18.5. The molecule has 1 aromatic heterocycles. The molecule has 164 valence electrons. The number of thioether (sulfide) groups is 1. The van der Waals surface area contributed by atoms with Crippen molar-refractivity contribution in [1.29, 1.82) is 0 Å². The predicted molar refractivity (Wildman–Crippen MR) is 119 cm³/mol. The fraction of sp³-hybridized carbons (Fsp3) is 0.391. The van der Waals surface area contributed by atoms with E-state index >= 15 is 0 Å². The summed E-state index contributed by atoms with van der Waals surface area (Å²) in [5.41, 5.74) is 1.97. The molecular formula is C23H27N3O4S. The van der Waals surface area contributed by atoms with Crippen LogP contribution in [0.4, 0.5) is 0 Å². The highest BCUT2D eigenvalue weighted by Gasteiger charge is 2.30. The van der Waals surface area contributed by atoms with Gasteiger partial charge in [-0.05, 0) is 42.7 Å². The Labute approximate surface area is 186 Å². The quantitative estimate of drug-likeness (QED) is 0.453. The van der Waals surface area contributed by atoms with Crippen molar-refractivity contribution in [3.05, 3.63) is 59.9 Å². The minimum Gasteiger partial charge on any atom is -0.493 e. The second kappa shape index (κ2) is 10.2. The largest absolute Gasteiger partial charge is 0.493 e. The van der Waals surface area contributed by atoms with Crippen molar-refractivity contribution in [3.8, 4) is 17.2 Å². The molecule has 1 atom stereocenters. The smallest absolute Gasteiger partial charge is 0.209 e. The van der Waals surface area contributed by atoms with Gasteiger partial charge in [-0.2, -0.15) is 0 Å². The Morgan fingerprint density at radius 3 is 2.58 bits per heavy atom. The first-order valence-corrected chi connectivity index (χ1v) is 11.3. The van der Waals surface area contributed by atoms with Gasteiger partial charge in [-0.15, -0.1) is 5.10 Å². The van der Waals surface area contributed by atoms with E-state index in [-0.39, 0.29) is 6.61 Å². The summed E-state index contributed by atoms with van der Waals surface area (Å²) in [5, 5.41) is 15.7. The Kier molecular flexibility index (Phi) is 7.11. The number of hydrogen-bond donors (Lipinski definition) is 1. The molecule has 1 aliphatic rings. The van der Waals surface area contributed by atoms with Gasteiger partial charge in [0, 0.05) is 11.7 Å². The number of ether oxygens (including phenoxy) is 3. The van der Waals surface area contributed by atoms with E-state index in [1.54, 1.807) is 14.2 Å². The van der Waals surface area contributed by atoms with Crippen LogP contribution in [0.3, 0.4) is 0 Å². The van der Waals surface area contributed by atoms with Crippen LogP contribution in [0, 0.1) is 0 Å². The summed E-state index contributed by atoms with van der Waals surface area (Å²) in [6, 6.07) is 15.7. The van der Waals surface area contributed by atoms with Crippen molar-refractivity contribution in [1.82, 2.24) is 14.8 Å². The van der Waals surface area contributed by atoms with Crippen LogP contribution in [0.2, 0.25) is 0 Å². The number of para-hydroxylation sites is 1. The molecule has 4 rings (SSSR count). The first kappa shape index (κ1) is 21.7.